The van der Waals surface area contributed by atoms with Crippen molar-refractivity contribution in [2.24, 2.45) is 4.99 Å². The van der Waals surface area contributed by atoms with E-state index in [-0.39, 0.29) is 24.0 Å². The molecule has 2 N–H and O–H groups in total. The zero-order valence-corrected chi connectivity index (χ0v) is 18.3. The first-order valence-corrected chi connectivity index (χ1v) is 9.93. The lowest BCUT2D eigenvalue weighted by Gasteiger charge is -2.12. The van der Waals surface area contributed by atoms with Gasteiger partial charge >= 0.3 is 0 Å². The molecule has 1 aromatic heterocycles. The van der Waals surface area contributed by atoms with Gasteiger partial charge in [0.25, 0.3) is 0 Å². The summed E-state index contributed by atoms with van der Waals surface area (Å²) in [7, 11) is -1.42. The average molecular weight is 488 g/mol. The van der Waals surface area contributed by atoms with Crippen LogP contribution in [0.1, 0.15) is 16.8 Å². The van der Waals surface area contributed by atoms with Gasteiger partial charge in [0.15, 0.2) is 15.8 Å². The number of benzene rings is 1. The molecule has 8 heteroatoms. The van der Waals surface area contributed by atoms with E-state index in [4.69, 9.17) is 0 Å². The minimum absolute atomic E-state index is 0. The lowest BCUT2D eigenvalue weighted by atomic mass is 10.1. The second kappa shape index (κ2) is 10.5. The van der Waals surface area contributed by atoms with Crippen LogP contribution >= 0.6 is 24.0 Å². The van der Waals surface area contributed by atoms with E-state index in [1.54, 1.807) is 25.4 Å². The summed E-state index contributed by atoms with van der Waals surface area (Å²) >= 11 is 0. The Morgan fingerprint density at radius 2 is 1.85 bits per heavy atom. The molecular formula is C18H25IN4O2S. The van der Waals surface area contributed by atoms with E-state index >= 15 is 0 Å². The molecule has 1 heterocycles. The highest BCUT2D eigenvalue weighted by atomic mass is 127. The smallest absolute Gasteiger partial charge is 0.191 e. The predicted octanol–water partition coefficient (Wildman–Crippen LogP) is 2.32. The minimum Gasteiger partial charge on any atom is -0.356 e. The molecular weight excluding hydrogens is 463 g/mol. The van der Waals surface area contributed by atoms with Crippen molar-refractivity contribution in [3.63, 3.8) is 0 Å². The number of sulfone groups is 1. The van der Waals surface area contributed by atoms with Crippen LogP contribution in [0.5, 0.6) is 0 Å². The SMILES string of the molecule is CN=C(NCCc1ccc(S(C)(=O)=O)cc1)NCc1ncccc1C.I. The molecule has 6 nitrogen and oxygen atoms in total. The summed E-state index contributed by atoms with van der Waals surface area (Å²) in [6.07, 6.45) is 3.76. The summed E-state index contributed by atoms with van der Waals surface area (Å²) in [6, 6.07) is 10.9. The molecule has 0 bridgehead atoms. The van der Waals surface area contributed by atoms with E-state index in [1.165, 1.54) is 6.26 Å². The number of halogens is 1. The van der Waals surface area contributed by atoms with E-state index in [9.17, 15) is 8.42 Å². The third-order valence-corrected chi connectivity index (χ3v) is 4.95. The van der Waals surface area contributed by atoms with Crippen LogP contribution in [-0.2, 0) is 22.8 Å². The van der Waals surface area contributed by atoms with Crippen molar-refractivity contribution in [2.45, 2.75) is 24.8 Å². The molecule has 1 aromatic carbocycles. The predicted molar refractivity (Wildman–Crippen MR) is 116 cm³/mol. The first-order valence-electron chi connectivity index (χ1n) is 8.04. The van der Waals surface area contributed by atoms with Gasteiger partial charge in [0, 0.05) is 26.0 Å². The normalized spacial score (nSPS) is 11.6. The van der Waals surface area contributed by atoms with Crippen molar-refractivity contribution in [1.82, 2.24) is 15.6 Å². The zero-order chi connectivity index (χ0) is 18.3. The summed E-state index contributed by atoms with van der Waals surface area (Å²) in [6.45, 7) is 3.33. The van der Waals surface area contributed by atoms with Crippen molar-refractivity contribution in [3.05, 3.63) is 59.4 Å². The summed E-state index contributed by atoms with van der Waals surface area (Å²) < 4.78 is 22.9. The number of aliphatic imine (C=N–C) groups is 1. The Hall–Kier alpha value is -1.68. The van der Waals surface area contributed by atoms with Crippen LogP contribution < -0.4 is 10.6 Å². The fourth-order valence-corrected chi connectivity index (χ4v) is 2.95. The molecule has 0 atom stereocenters. The summed E-state index contributed by atoms with van der Waals surface area (Å²) in [5.74, 6) is 0.706. The number of guanidine groups is 1. The fraction of sp³-hybridized carbons (Fsp3) is 0.333. The number of nitrogens with one attached hydrogen (secondary N) is 2. The number of aromatic nitrogens is 1. The summed E-state index contributed by atoms with van der Waals surface area (Å²) in [4.78, 5) is 8.88. The molecule has 0 aliphatic carbocycles. The Bertz CT molecular complexity index is 837. The van der Waals surface area contributed by atoms with Crippen LogP contribution in [0.25, 0.3) is 0 Å². The molecule has 0 aliphatic heterocycles. The summed E-state index contributed by atoms with van der Waals surface area (Å²) in [5, 5.41) is 6.48. The van der Waals surface area contributed by atoms with E-state index in [1.807, 2.05) is 31.2 Å². The first kappa shape index (κ1) is 22.4. The van der Waals surface area contributed by atoms with Crippen LogP contribution in [0.4, 0.5) is 0 Å². The molecule has 0 saturated heterocycles. The van der Waals surface area contributed by atoms with Crippen molar-refractivity contribution in [2.75, 3.05) is 19.8 Å². The summed E-state index contributed by atoms with van der Waals surface area (Å²) in [5.41, 5.74) is 3.19. The van der Waals surface area contributed by atoms with E-state index < -0.39 is 9.84 Å². The van der Waals surface area contributed by atoms with E-state index in [0.29, 0.717) is 23.9 Å². The monoisotopic (exact) mass is 488 g/mol. The largest absolute Gasteiger partial charge is 0.356 e. The number of hydrogen-bond donors (Lipinski definition) is 2. The number of aryl methyl sites for hydroxylation is 1. The third-order valence-electron chi connectivity index (χ3n) is 3.82. The molecule has 0 unspecified atom stereocenters. The highest BCUT2D eigenvalue weighted by molar-refractivity contribution is 14.0. The second-order valence-electron chi connectivity index (χ2n) is 5.79. The molecule has 2 rings (SSSR count). The van der Waals surface area contributed by atoms with Gasteiger partial charge in [0.2, 0.25) is 0 Å². The van der Waals surface area contributed by atoms with E-state index in [2.05, 4.69) is 20.6 Å². The maximum atomic E-state index is 11.5. The van der Waals surface area contributed by atoms with Gasteiger partial charge in [-0.1, -0.05) is 18.2 Å². The Labute approximate surface area is 172 Å². The standard InChI is InChI=1S/C18H24N4O2S.HI/c1-14-5-4-11-20-17(14)13-22-18(19-2)21-12-10-15-6-8-16(9-7-15)25(3,23)24;/h4-9,11H,10,12-13H2,1-3H3,(H2,19,21,22);1H. The number of pyridine rings is 1. The lowest BCUT2D eigenvalue weighted by Crippen LogP contribution is -2.38. The molecule has 0 radical (unpaired) electrons. The van der Waals surface area contributed by atoms with Gasteiger partial charge in [0.05, 0.1) is 17.1 Å². The molecule has 0 aliphatic rings. The molecule has 0 saturated carbocycles. The molecule has 0 spiro atoms. The van der Waals surface area contributed by atoms with Gasteiger partial charge in [-0.05, 0) is 42.7 Å². The van der Waals surface area contributed by atoms with Gasteiger partial charge in [0.1, 0.15) is 0 Å². The second-order valence-corrected chi connectivity index (χ2v) is 7.80. The van der Waals surface area contributed by atoms with E-state index in [0.717, 1.165) is 23.2 Å². The Morgan fingerprint density at radius 1 is 1.15 bits per heavy atom. The molecule has 0 fully saturated rings. The highest BCUT2D eigenvalue weighted by Crippen LogP contribution is 2.10. The van der Waals surface area contributed by atoms with Gasteiger partial charge < -0.3 is 10.6 Å². The lowest BCUT2D eigenvalue weighted by molar-refractivity contribution is 0.602. The van der Waals surface area contributed by atoms with Crippen LogP contribution in [0, 0.1) is 6.92 Å². The van der Waals surface area contributed by atoms with Gasteiger partial charge in [-0.15, -0.1) is 24.0 Å². The van der Waals surface area contributed by atoms with Crippen molar-refractivity contribution >= 4 is 39.8 Å². The maximum absolute atomic E-state index is 11.5. The molecule has 142 valence electrons. The van der Waals surface area contributed by atoms with Gasteiger partial charge in [-0.3, -0.25) is 9.98 Å². The molecule has 0 amide bonds. The Balaban J connectivity index is 0.00000338. The minimum atomic E-state index is -3.15. The Morgan fingerprint density at radius 3 is 2.42 bits per heavy atom. The van der Waals surface area contributed by atoms with Crippen LogP contribution in [0.3, 0.4) is 0 Å². The Kier molecular flexibility index (Phi) is 9.00. The van der Waals surface area contributed by atoms with Crippen molar-refractivity contribution in [1.29, 1.82) is 0 Å². The van der Waals surface area contributed by atoms with Gasteiger partial charge in [-0.25, -0.2) is 8.42 Å². The van der Waals surface area contributed by atoms with Crippen LogP contribution in [0.15, 0.2) is 52.5 Å². The molecule has 2 aromatic rings. The van der Waals surface area contributed by atoms with Crippen LogP contribution in [0.2, 0.25) is 0 Å². The first-order chi connectivity index (χ1) is 11.9. The third kappa shape index (κ3) is 6.91. The zero-order valence-electron chi connectivity index (χ0n) is 15.2. The van der Waals surface area contributed by atoms with Gasteiger partial charge in [-0.2, -0.15) is 0 Å². The topological polar surface area (TPSA) is 83.5 Å². The van der Waals surface area contributed by atoms with Crippen LogP contribution in [-0.4, -0.2) is 39.2 Å². The highest BCUT2D eigenvalue weighted by Gasteiger charge is 2.06. The quantitative estimate of drug-likeness (QED) is 0.371. The number of nitrogens with zero attached hydrogens (tertiary/aromatic N) is 2. The number of hydrogen-bond acceptors (Lipinski definition) is 4. The number of rotatable bonds is 6. The maximum Gasteiger partial charge on any atom is 0.191 e. The van der Waals surface area contributed by atoms with Crippen molar-refractivity contribution < 1.29 is 8.42 Å². The molecule has 26 heavy (non-hydrogen) atoms. The fourth-order valence-electron chi connectivity index (χ4n) is 2.32. The average Bonchev–Trinajstić information content (AvgIpc) is 2.59. The van der Waals surface area contributed by atoms with Crippen molar-refractivity contribution in [3.8, 4) is 0 Å².